The van der Waals surface area contributed by atoms with E-state index >= 15 is 0 Å². The molecule has 4 heteroatoms. The van der Waals surface area contributed by atoms with Crippen LogP contribution in [0, 0.1) is 6.92 Å². The average Bonchev–Trinajstić information content (AvgIpc) is 2.67. The monoisotopic (exact) mass is 266 g/mol. The molecule has 1 unspecified atom stereocenters. The highest BCUT2D eigenvalue weighted by Crippen LogP contribution is 2.27. The molecule has 92 valence electrons. The number of benzene rings is 1. The van der Waals surface area contributed by atoms with Crippen molar-refractivity contribution in [2.45, 2.75) is 26.3 Å². The number of aromatic nitrogens is 1. The van der Waals surface area contributed by atoms with Crippen molar-refractivity contribution in [1.82, 2.24) is 4.98 Å². The minimum Gasteiger partial charge on any atom is -0.359 e. The van der Waals surface area contributed by atoms with Crippen molar-refractivity contribution < 1.29 is 0 Å². The molecule has 0 bridgehead atoms. The summed E-state index contributed by atoms with van der Waals surface area (Å²) in [6.07, 6.45) is 3.32. The van der Waals surface area contributed by atoms with E-state index in [9.17, 15) is 0 Å². The Labute approximate surface area is 111 Å². The highest BCUT2D eigenvalue weighted by Gasteiger charge is 2.07. The second-order valence-electron chi connectivity index (χ2n) is 4.32. The standard InChI is InChI=1S/C13H18N2S2/c1-9-4-5-11-12(8-9)17-13(15-11)14-10(2)6-7-16-3/h4-5,8,10H,6-7H2,1-3H3,(H,14,15). The Hall–Kier alpha value is -0.740. The van der Waals surface area contributed by atoms with Crippen LogP contribution < -0.4 is 5.32 Å². The molecule has 0 saturated carbocycles. The Morgan fingerprint density at radius 1 is 1.47 bits per heavy atom. The van der Waals surface area contributed by atoms with Crippen LogP contribution in [0.5, 0.6) is 0 Å². The molecule has 1 N–H and O–H groups in total. The van der Waals surface area contributed by atoms with Gasteiger partial charge in [-0.2, -0.15) is 11.8 Å². The Morgan fingerprint density at radius 3 is 3.06 bits per heavy atom. The Kier molecular flexibility index (Phi) is 4.29. The number of hydrogen-bond acceptors (Lipinski definition) is 4. The van der Waals surface area contributed by atoms with Crippen molar-refractivity contribution >= 4 is 38.4 Å². The first kappa shape index (κ1) is 12.7. The summed E-state index contributed by atoms with van der Waals surface area (Å²) in [5, 5.41) is 4.52. The summed E-state index contributed by atoms with van der Waals surface area (Å²) < 4.78 is 1.27. The van der Waals surface area contributed by atoms with E-state index in [1.807, 2.05) is 11.8 Å². The largest absolute Gasteiger partial charge is 0.359 e. The first-order valence-electron chi connectivity index (χ1n) is 5.81. The molecule has 1 aromatic carbocycles. The molecule has 2 rings (SSSR count). The van der Waals surface area contributed by atoms with Gasteiger partial charge in [-0.3, -0.25) is 0 Å². The van der Waals surface area contributed by atoms with Gasteiger partial charge in [0, 0.05) is 6.04 Å². The smallest absolute Gasteiger partial charge is 0.183 e. The van der Waals surface area contributed by atoms with Crippen LogP contribution in [0.2, 0.25) is 0 Å². The molecule has 0 aliphatic rings. The summed E-state index contributed by atoms with van der Waals surface area (Å²) in [6.45, 7) is 4.33. The van der Waals surface area contributed by atoms with Gasteiger partial charge >= 0.3 is 0 Å². The summed E-state index contributed by atoms with van der Waals surface area (Å²) in [7, 11) is 0. The lowest BCUT2D eigenvalue weighted by Gasteiger charge is -2.11. The molecular weight excluding hydrogens is 248 g/mol. The SMILES string of the molecule is CSCCC(C)Nc1nc2ccc(C)cc2s1. The summed E-state index contributed by atoms with van der Waals surface area (Å²) >= 11 is 3.63. The Bertz CT molecular complexity index is 493. The van der Waals surface area contributed by atoms with E-state index in [0.717, 1.165) is 10.6 Å². The molecule has 0 fully saturated rings. The molecular formula is C13H18N2S2. The first-order valence-corrected chi connectivity index (χ1v) is 8.03. The number of aryl methyl sites for hydroxylation is 1. The fraction of sp³-hybridized carbons (Fsp3) is 0.462. The van der Waals surface area contributed by atoms with Gasteiger partial charge < -0.3 is 5.32 Å². The van der Waals surface area contributed by atoms with Crippen molar-refractivity contribution in [2.75, 3.05) is 17.3 Å². The maximum Gasteiger partial charge on any atom is 0.183 e. The number of thioether (sulfide) groups is 1. The predicted molar refractivity (Wildman–Crippen MR) is 80.4 cm³/mol. The van der Waals surface area contributed by atoms with Crippen molar-refractivity contribution in [2.24, 2.45) is 0 Å². The van der Waals surface area contributed by atoms with Crippen LogP contribution in [0.1, 0.15) is 18.9 Å². The molecule has 0 aliphatic carbocycles. The number of nitrogens with zero attached hydrogens (tertiary/aromatic N) is 1. The van der Waals surface area contributed by atoms with Crippen LogP contribution in [-0.2, 0) is 0 Å². The zero-order valence-electron chi connectivity index (χ0n) is 10.5. The normalized spacial score (nSPS) is 12.9. The molecule has 1 heterocycles. The van der Waals surface area contributed by atoms with Crippen LogP contribution in [0.4, 0.5) is 5.13 Å². The predicted octanol–water partition coefficient (Wildman–Crippen LogP) is 4.16. The van der Waals surface area contributed by atoms with E-state index in [1.165, 1.54) is 22.4 Å². The van der Waals surface area contributed by atoms with Gasteiger partial charge in [-0.25, -0.2) is 4.98 Å². The molecule has 0 spiro atoms. The number of rotatable bonds is 5. The number of thiazole rings is 1. The second kappa shape index (κ2) is 5.74. The van der Waals surface area contributed by atoms with Crippen molar-refractivity contribution in [3.63, 3.8) is 0 Å². The van der Waals surface area contributed by atoms with Gasteiger partial charge in [-0.1, -0.05) is 17.4 Å². The second-order valence-corrected chi connectivity index (χ2v) is 6.33. The zero-order valence-corrected chi connectivity index (χ0v) is 12.1. The lowest BCUT2D eigenvalue weighted by Crippen LogP contribution is -2.15. The molecule has 0 saturated heterocycles. The lowest BCUT2D eigenvalue weighted by molar-refractivity contribution is 0.771. The molecule has 17 heavy (non-hydrogen) atoms. The summed E-state index contributed by atoms with van der Waals surface area (Å²) in [4.78, 5) is 4.60. The topological polar surface area (TPSA) is 24.9 Å². The number of nitrogens with one attached hydrogen (secondary N) is 1. The third-order valence-corrected chi connectivity index (χ3v) is 4.26. The zero-order chi connectivity index (χ0) is 12.3. The summed E-state index contributed by atoms with van der Waals surface area (Å²) in [5.74, 6) is 1.19. The summed E-state index contributed by atoms with van der Waals surface area (Å²) in [5.41, 5.74) is 2.39. The van der Waals surface area contributed by atoms with E-state index in [-0.39, 0.29) is 0 Å². The maximum atomic E-state index is 4.60. The third-order valence-electron chi connectivity index (χ3n) is 2.67. The van der Waals surface area contributed by atoms with E-state index in [0.29, 0.717) is 6.04 Å². The molecule has 2 nitrogen and oxygen atoms in total. The molecule has 0 amide bonds. The van der Waals surface area contributed by atoms with Gasteiger partial charge in [-0.15, -0.1) is 0 Å². The van der Waals surface area contributed by atoms with Crippen LogP contribution in [0.3, 0.4) is 0 Å². The lowest BCUT2D eigenvalue weighted by atomic mass is 10.2. The van der Waals surface area contributed by atoms with E-state index < -0.39 is 0 Å². The third kappa shape index (κ3) is 3.36. The van der Waals surface area contributed by atoms with E-state index in [4.69, 9.17) is 0 Å². The molecule has 1 aromatic heterocycles. The van der Waals surface area contributed by atoms with Crippen LogP contribution in [0.25, 0.3) is 10.2 Å². The van der Waals surface area contributed by atoms with Gasteiger partial charge in [0.15, 0.2) is 5.13 Å². The van der Waals surface area contributed by atoms with Crippen molar-refractivity contribution in [1.29, 1.82) is 0 Å². The highest BCUT2D eigenvalue weighted by molar-refractivity contribution is 7.98. The van der Waals surface area contributed by atoms with Crippen LogP contribution in [0.15, 0.2) is 18.2 Å². The fourth-order valence-corrected chi connectivity index (χ4v) is 3.34. The van der Waals surface area contributed by atoms with Gasteiger partial charge in [-0.05, 0) is 50.0 Å². The Morgan fingerprint density at radius 2 is 2.29 bits per heavy atom. The Balaban J connectivity index is 2.08. The minimum atomic E-state index is 0.490. The molecule has 0 radical (unpaired) electrons. The maximum absolute atomic E-state index is 4.60. The molecule has 0 aliphatic heterocycles. The fourth-order valence-electron chi connectivity index (χ4n) is 1.67. The number of fused-ring (bicyclic) bond motifs is 1. The van der Waals surface area contributed by atoms with Crippen LogP contribution >= 0.6 is 23.1 Å². The van der Waals surface area contributed by atoms with Gasteiger partial charge in [0.25, 0.3) is 0 Å². The average molecular weight is 266 g/mol. The van der Waals surface area contributed by atoms with Gasteiger partial charge in [0.1, 0.15) is 0 Å². The number of hydrogen-bond donors (Lipinski definition) is 1. The van der Waals surface area contributed by atoms with Gasteiger partial charge in [0.05, 0.1) is 10.2 Å². The quantitative estimate of drug-likeness (QED) is 0.879. The summed E-state index contributed by atoms with van der Waals surface area (Å²) in [6, 6.07) is 6.90. The van der Waals surface area contributed by atoms with Crippen molar-refractivity contribution in [3.05, 3.63) is 23.8 Å². The van der Waals surface area contributed by atoms with E-state index in [2.05, 4.69) is 48.6 Å². The molecule has 1 atom stereocenters. The highest BCUT2D eigenvalue weighted by atomic mass is 32.2. The van der Waals surface area contributed by atoms with E-state index in [1.54, 1.807) is 11.3 Å². The van der Waals surface area contributed by atoms with Crippen molar-refractivity contribution in [3.8, 4) is 0 Å². The minimum absolute atomic E-state index is 0.490. The first-order chi connectivity index (χ1) is 8.19. The number of anilines is 1. The van der Waals surface area contributed by atoms with Gasteiger partial charge in [0.2, 0.25) is 0 Å². The molecule has 2 aromatic rings. The van der Waals surface area contributed by atoms with Crippen LogP contribution in [-0.4, -0.2) is 23.0 Å².